The number of nitrogens with zero attached hydrogens (tertiary/aromatic N) is 2. The van der Waals surface area contributed by atoms with Gasteiger partial charge in [-0.1, -0.05) is 41.4 Å². The number of para-hydroxylation sites is 1. The van der Waals surface area contributed by atoms with Gasteiger partial charge in [-0.25, -0.2) is 5.48 Å². The fourth-order valence-electron chi connectivity index (χ4n) is 2.91. The van der Waals surface area contributed by atoms with Gasteiger partial charge in [0.2, 0.25) is 5.91 Å². The van der Waals surface area contributed by atoms with Crippen molar-refractivity contribution in [2.45, 2.75) is 0 Å². The van der Waals surface area contributed by atoms with Gasteiger partial charge in [0.15, 0.2) is 0 Å². The molecular formula is C19H17Cl2N3O3. The molecule has 2 aromatic carbocycles. The zero-order valence-electron chi connectivity index (χ0n) is 14.2. The number of hydrogen-bond acceptors (Lipinski definition) is 4. The molecule has 2 amide bonds. The summed E-state index contributed by atoms with van der Waals surface area (Å²) in [5.74, 6) is -0.708. The minimum absolute atomic E-state index is 0.0696. The Morgan fingerprint density at radius 3 is 2.59 bits per heavy atom. The molecule has 2 aromatic rings. The van der Waals surface area contributed by atoms with Crippen molar-refractivity contribution in [3.05, 3.63) is 64.1 Å². The molecule has 0 aliphatic carbocycles. The number of rotatable bonds is 4. The first kappa shape index (κ1) is 19.2. The molecule has 2 N–H and O–H groups in total. The van der Waals surface area contributed by atoms with Crippen LogP contribution in [0.25, 0.3) is 6.08 Å². The van der Waals surface area contributed by atoms with Crippen molar-refractivity contribution in [1.29, 1.82) is 0 Å². The van der Waals surface area contributed by atoms with Crippen LogP contribution in [0, 0.1) is 0 Å². The number of amides is 2. The van der Waals surface area contributed by atoms with Crippen molar-refractivity contribution in [3.8, 4) is 0 Å². The summed E-state index contributed by atoms with van der Waals surface area (Å²) in [5.41, 5.74) is 3.79. The van der Waals surface area contributed by atoms with Crippen molar-refractivity contribution in [2.24, 2.45) is 0 Å². The number of anilines is 2. The van der Waals surface area contributed by atoms with E-state index in [0.717, 1.165) is 5.69 Å². The highest BCUT2D eigenvalue weighted by Crippen LogP contribution is 2.29. The molecule has 6 nitrogen and oxygen atoms in total. The standard InChI is InChI=1S/C19H17Cl2N3O3/c20-15-7-6-14(11-16(15)21)23-9-10-24(19(26)12-23)17-4-2-1-3-13(17)5-8-18(25)22-27/h1-8,11,27H,9-10,12H2,(H,22,25)/b8-5+. The van der Waals surface area contributed by atoms with Gasteiger partial charge in [0, 0.05) is 24.9 Å². The van der Waals surface area contributed by atoms with Crippen LogP contribution in [-0.2, 0) is 9.59 Å². The van der Waals surface area contributed by atoms with Crippen LogP contribution >= 0.6 is 23.2 Å². The maximum Gasteiger partial charge on any atom is 0.267 e. The van der Waals surface area contributed by atoms with Crippen LogP contribution in [0.1, 0.15) is 5.56 Å². The van der Waals surface area contributed by atoms with Crippen LogP contribution in [-0.4, -0.2) is 36.7 Å². The first-order chi connectivity index (χ1) is 13.0. The summed E-state index contributed by atoms with van der Waals surface area (Å²) in [6.45, 7) is 1.31. The Kier molecular flexibility index (Phi) is 6.01. The molecule has 0 unspecified atom stereocenters. The molecule has 0 bridgehead atoms. The Bertz CT molecular complexity index is 902. The van der Waals surface area contributed by atoms with Gasteiger partial charge in [-0.05, 0) is 35.9 Å². The summed E-state index contributed by atoms with van der Waals surface area (Å²) in [7, 11) is 0. The average molecular weight is 406 g/mol. The average Bonchev–Trinajstić information content (AvgIpc) is 2.68. The number of piperazine rings is 1. The molecule has 1 fully saturated rings. The number of carbonyl (C=O) groups is 2. The fraction of sp³-hybridized carbons (Fsp3) is 0.158. The van der Waals surface area contributed by atoms with Gasteiger partial charge in [-0.15, -0.1) is 0 Å². The van der Waals surface area contributed by atoms with Crippen molar-refractivity contribution in [3.63, 3.8) is 0 Å². The van der Waals surface area contributed by atoms with E-state index in [1.54, 1.807) is 34.7 Å². The van der Waals surface area contributed by atoms with Gasteiger partial charge in [0.05, 0.1) is 22.3 Å². The molecule has 0 atom stereocenters. The van der Waals surface area contributed by atoms with E-state index in [2.05, 4.69) is 0 Å². The zero-order valence-corrected chi connectivity index (χ0v) is 15.7. The van der Waals surface area contributed by atoms with Gasteiger partial charge in [-0.3, -0.25) is 14.8 Å². The summed E-state index contributed by atoms with van der Waals surface area (Å²) >= 11 is 12.0. The number of halogens is 2. The Hall–Kier alpha value is -2.54. The van der Waals surface area contributed by atoms with Gasteiger partial charge in [0.25, 0.3) is 5.91 Å². The number of hydrogen-bond donors (Lipinski definition) is 2. The van der Waals surface area contributed by atoms with Gasteiger partial charge < -0.3 is 9.80 Å². The van der Waals surface area contributed by atoms with E-state index in [1.807, 2.05) is 29.2 Å². The smallest absolute Gasteiger partial charge is 0.267 e. The van der Waals surface area contributed by atoms with Crippen LogP contribution in [0.5, 0.6) is 0 Å². The summed E-state index contributed by atoms with van der Waals surface area (Å²) in [6.07, 6.45) is 2.76. The number of hydroxylamine groups is 1. The van der Waals surface area contributed by atoms with Crippen LogP contribution in [0.2, 0.25) is 10.0 Å². The Balaban J connectivity index is 1.79. The van der Waals surface area contributed by atoms with Crippen LogP contribution in [0.15, 0.2) is 48.5 Å². The third kappa shape index (κ3) is 4.42. The molecule has 27 heavy (non-hydrogen) atoms. The molecule has 1 heterocycles. The van der Waals surface area contributed by atoms with Crippen molar-refractivity contribution in [1.82, 2.24) is 5.48 Å². The molecular weight excluding hydrogens is 389 g/mol. The predicted octanol–water partition coefficient (Wildman–Crippen LogP) is 3.37. The highest BCUT2D eigenvalue weighted by atomic mass is 35.5. The lowest BCUT2D eigenvalue weighted by Gasteiger charge is -2.36. The first-order valence-corrected chi connectivity index (χ1v) is 8.96. The molecule has 1 aliphatic heterocycles. The maximum atomic E-state index is 12.8. The molecule has 1 saturated heterocycles. The monoisotopic (exact) mass is 405 g/mol. The first-order valence-electron chi connectivity index (χ1n) is 8.21. The molecule has 0 spiro atoms. The molecule has 1 aliphatic rings. The summed E-state index contributed by atoms with van der Waals surface area (Å²) in [5, 5.41) is 9.52. The summed E-state index contributed by atoms with van der Waals surface area (Å²) in [4.78, 5) is 27.6. The molecule has 3 rings (SSSR count). The summed E-state index contributed by atoms with van der Waals surface area (Å²) < 4.78 is 0. The van der Waals surface area contributed by atoms with Crippen LogP contribution in [0.4, 0.5) is 11.4 Å². The summed E-state index contributed by atoms with van der Waals surface area (Å²) in [6, 6.07) is 12.6. The third-order valence-electron chi connectivity index (χ3n) is 4.24. The second-order valence-electron chi connectivity index (χ2n) is 5.93. The number of carbonyl (C=O) groups excluding carboxylic acids is 2. The second-order valence-corrected chi connectivity index (χ2v) is 6.75. The molecule has 140 valence electrons. The normalized spacial score (nSPS) is 14.7. The van der Waals surface area contributed by atoms with Crippen LogP contribution in [0.3, 0.4) is 0 Å². The topological polar surface area (TPSA) is 72.9 Å². The van der Waals surface area contributed by atoms with E-state index in [1.165, 1.54) is 6.08 Å². The Morgan fingerprint density at radius 2 is 1.89 bits per heavy atom. The molecule has 0 aromatic heterocycles. The van der Waals surface area contributed by atoms with Crippen molar-refractivity contribution in [2.75, 3.05) is 29.4 Å². The molecule has 8 heteroatoms. The van der Waals surface area contributed by atoms with Crippen LogP contribution < -0.4 is 15.3 Å². The van der Waals surface area contributed by atoms with Crippen molar-refractivity contribution >= 4 is 52.5 Å². The van der Waals surface area contributed by atoms with E-state index in [9.17, 15) is 9.59 Å². The van der Waals surface area contributed by atoms with Gasteiger partial charge >= 0.3 is 0 Å². The maximum absolute atomic E-state index is 12.8. The predicted molar refractivity (Wildman–Crippen MR) is 106 cm³/mol. The Labute approximate surface area is 166 Å². The molecule has 0 saturated carbocycles. The fourth-order valence-corrected chi connectivity index (χ4v) is 3.20. The quantitative estimate of drug-likeness (QED) is 0.464. The lowest BCUT2D eigenvalue weighted by Crippen LogP contribution is -2.50. The highest BCUT2D eigenvalue weighted by molar-refractivity contribution is 6.42. The minimum Gasteiger partial charge on any atom is -0.360 e. The van der Waals surface area contributed by atoms with E-state index >= 15 is 0 Å². The van der Waals surface area contributed by atoms with Gasteiger partial charge in [0.1, 0.15) is 0 Å². The lowest BCUT2D eigenvalue weighted by molar-refractivity contribution is -0.124. The highest BCUT2D eigenvalue weighted by Gasteiger charge is 2.26. The van der Waals surface area contributed by atoms with Gasteiger partial charge in [-0.2, -0.15) is 0 Å². The molecule has 0 radical (unpaired) electrons. The SMILES string of the molecule is O=C(/C=C/c1ccccc1N1CCN(c2ccc(Cl)c(Cl)c2)CC1=O)NO. The van der Waals surface area contributed by atoms with E-state index < -0.39 is 5.91 Å². The third-order valence-corrected chi connectivity index (χ3v) is 4.98. The second kappa shape index (κ2) is 8.43. The number of benzene rings is 2. The zero-order chi connectivity index (χ0) is 19.4. The lowest BCUT2D eigenvalue weighted by atomic mass is 10.1. The minimum atomic E-state index is -0.638. The van der Waals surface area contributed by atoms with E-state index in [-0.39, 0.29) is 12.5 Å². The van der Waals surface area contributed by atoms with E-state index in [0.29, 0.717) is 34.4 Å². The number of nitrogens with one attached hydrogen (secondary N) is 1. The van der Waals surface area contributed by atoms with E-state index in [4.69, 9.17) is 28.4 Å². The Morgan fingerprint density at radius 1 is 1.11 bits per heavy atom. The van der Waals surface area contributed by atoms with Crippen molar-refractivity contribution < 1.29 is 14.8 Å². The largest absolute Gasteiger partial charge is 0.360 e.